The Morgan fingerprint density at radius 3 is 2.24 bits per heavy atom. The minimum atomic E-state index is -0.974. The molecule has 6 heteroatoms. The second-order valence-corrected chi connectivity index (χ2v) is 6.42. The number of ether oxygens (including phenoxy) is 1. The first kappa shape index (κ1) is 20.2. The summed E-state index contributed by atoms with van der Waals surface area (Å²) in [6.07, 6.45) is 5.48. The first-order valence-electron chi connectivity index (χ1n) is 9.28. The summed E-state index contributed by atoms with van der Waals surface area (Å²) in [5, 5.41) is 8.56. The molecular weight excluding hydrogens is 366 g/mol. The van der Waals surface area contributed by atoms with E-state index in [9.17, 15) is 4.79 Å². The minimum absolute atomic E-state index is 0.258. The van der Waals surface area contributed by atoms with Gasteiger partial charge in [-0.1, -0.05) is 72.8 Å². The van der Waals surface area contributed by atoms with Crippen LogP contribution < -0.4 is 4.90 Å². The van der Waals surface area contributed by atoms with Gasteiger partial charge in [0.2, 0.25) is 0 Å². The van der Waals surface area contributed by atoms with Crippen molar-refractivity contribution in [2.75, 3.05) is 31.7 Å². The number of nitrogens with zero attached hydrogens (tertiary/aromatic N) is 3. The van der Waals surface area contributed by atoms with Gasteiger partial charge in [-0.05, 0) is 0 Å². The molecule has 0 saturated heterocycles. The topological polar surface area (TPSA) is 75.5 Å². The number of hydrogen-bond donors (Lipinski definition) is 1. The lowest BCUT2D eigenvalue weighted by Crippen LogP contribution is -2.19. The molecule has 0 saturated carbocycles. The van der Waals surface area contributed by atoms with E-state index >= 15 is 0 Å². The number of aromatic nitrogens is 2. The monoisotopic (exact) mass is 389 g/mol. The average Bonchev–Trinajstić information content (AvgIpc) is 2.76. The summed E-state index contributed by atoms with van der Waals surface area (Å²) >= 11 is 0. The van der Waals surface area contributed by atoms with Crippen LogP contribution in [0.1, 0.15) is 0 Å². The highest BCUT2D eigenvalue weighted by atomic mass is 16.5. The largest absolute Gasteiger partial charge is 0.480 e. The van der Waals surface area contributed by atoms with E-state index in [1.165, 1.54) is 0 Å². The van der Waals surface area contributed by atoms with E-state index in [1.54, 1.807) is 12.3 Å². The van der Waals surface area contributed by atoms with Crippen LogP contribution >= 0.6 is 0 Å². The molecule has 3 rings (SSSR count). The van der Waals surface area contributed by atoms with Crippen LogP contribution in [0.2, 0.25) is 0 Å². The van der Waals surface area contributed by atoms with Gasteiger partial charge >= 0.3 is 5.97 Å². The van der Waals surface area contributed by atoms with Crippen LogP contribution in [0.5, 0.6) is 0 Å². The molecule has 2 aromatic carbocycles. The van der Waals surface area contributed by atoms with Crippen molar-refractivity contribution in [3.8, 4) is 22.5 Å². The van der Waals surface area contributed by atoms with Gasteiger partial charge in [-0.2, -0.15) is 0 Å². The van der Waals surface area contributed by atoms with E-state index in [1.807, 2.05) is 78.7 Å². The second-order valence-electron chi connectivity index (χ2n) is 6.42. The fourth-order valence-electron chi connectivity index (χ4n) is 2.78. The lowest BCUT2D eigenvalue weighted by atomic mass is 10.0. The van der Waals surface area contributed by atoms with Gasteiger partial charge in [0.25, 0.3) is 0 Å². The molecule has 1 heterocycles. The maximum atomic E-state index is 10.4. The van der Waals surface area contributed by atoms with Crippen LogP contribution in [-0.4, -0.2) is 47.8 Å². The highest BCUT2D eigenvalue weighted by Crippen LogP contribution is 2.30. The summed E-state index contributed by atoms with van der Waals surface area (Å²) in [6, 6.07) is 20.0. The number of rotatable bonds is 9. The Morgan fingerprint density at radius 2 is 1.62 bits per heavy atom. The molecular formula is C23H23N3O3. The Balaban J connectivity index is 1.80. The van der Waals surface area contributed by atoms with Crippen molar-refractivity contribution in [2.24, 2.45) is 0 Å². The standard InChI is InChI=1S/C23H23N3O3/c1-26(14-8-9-15-29-17-21(27)28)20-16-24-22(18-10-4-2-5-11-18)23(25-20)19-12-6-3-7-13-19/h2-13,16H,14-15,17H2,1H3,(H,27,28)/b9-8+. The summed E-state index contributed by atoms with van der Waals surface area (Å²) in [7, 11) is 1.93. The molecule has 0 bridgehead atoms. The number of carbonyl (C=O) groups is 1. The van der Waals surface area contributed by atoms with E-state index in [2.05, 4.69) is 0 Å². The average molecular weight is 389 g/mol. The maximum absolute atomic E-state index is 10.4. The molecule has 6 nitrogen and oxygen atoms in total. The van der Waals surface area contributed by atoms with Crippen molar-refractivity contribution in [1.29, 1.82) is 0 Å². The van der Waals surface area contributed by atoms with Gasteiger partial charge in [0.15, 0.2) is 0 Å². The molecule has 3 aromatic rings. The molecule has 0 aliphatic heterocycles. The van der Waals surface area contributed by atoms with Gasteiger partial charge in [0, 0.05) is 24.7 Å². The lowest BCUT2D eigenvalue weighted by Gasteiger charge is -2.18. The normalized spacial score (nSPS) is 10.9. The van der Waals surface area contributed by atoms with Crippen molar-refractivity contribution >= 4 is 11.8 Å². The van der Waals surface area contributed by atoms with Crippen LogP contribution in [0, 0.1) is 0 Å². The maximum Gasteiger partial charge on any atom is 0.329 e. The van der Waals surface area contributed by atoms with E-state index in [-0.39, 0.29) is 13.2 Å². The minimum Gasteiger partial charge on any atom is -0.480 e. The Hall–Kier alpha value is -3.51. The molecule has 0 unspecified atom stereocenters. The van der Waals surface area contributed by atoms with Crippen molar-refractivity contribution in [2.45, 2.75) is 0 Å². The van der Waals surface area contributed by atoms with Crippen LogP contribution in [0.25, 0.3) is 22.5 Å². The highest BCUT2D eigenvalue weighted by Gasteiger charge is 2.13. The molecule has 0 radical (unpaired) electrons. The molecule has 1 N–H and O–H groups in total. The third-order valence-electron chi connectivity index (χ3n) is 4.23. The zero-order valence-electron chi connectivity index (χ0n) is 16.2. The Morgan fingerprint density at radius 1 is 1.00 bits per heavy atom. The number of hydrogen-bond acceptors (Lipinski definition) is 5. The fourth-order valence-corrected chi connectivity index (χ4v) is 2.78. The Kier molecular flexibility index (Phi) is 7.08. The van der Waals surface area contributed by atoms with Crippen LogP contribution in [0.4, 0.5) is 5.82 Å². The number of carboxylic acid groups (broad SMARTS) is 1. The zero-order chi connectivity index (χ0) is 20.5. The summed E-state index contributed by atoms with van der Waals surface area (Å²) < 4.78 is 4.99. The van der Waals surface area contributed by atoms with Crippen LogP contribution in [0.3, 0.4) is 0 Å². The van der Waals surface area contributed by atoms with E-state index < -0.39 is 5.97 Å². The van der Waals surface area contributed by atoms with Gasteiger partial charge in [-0.25, -0.2) is 9.78 Å². The molecule has 0 spiro atoms. The highest BCUT2D eigenvalue weighted by molar-refractivity contribution is 5.78. The first-order chi connectivity index (χ1) is 14.1. The van der Waals surface area contributed by atoms with Crippen LogP contribution in [-0.2, 0) is 9.53 Å². The fraction of sp³-hybridized carbons (Fsp3) is 0.174. The van der Waals surface area contributed by atoms with Gasteiger partial charge in [-0.3, -0.25) is 4.98 Å². The molecule has 1 aromatic heterocycles. The number of carboxylic acids is 1. The van der Waals surface area contributed by atoms with Crippen molar-refractivity contribution in [3.63, 3.8) is 0 Å². The van der Waals surface area contributed by atoms with Crippen LogP contribution in [0.15, 0.2) is 79.0 Å². The third-order valence-corrected chi connectivity index (χ3v) is 4.23. The summed E-state index contributed by atoms with van der Waals surface area (Å²) in [5.74, 6) is -0.225. The predicted octanol–water partition coefficient (Wildman–Crippen LogP) is 3.90. The summed E-state index contributed by atoms with van der Waals surface area (Å²) in [4.78, 5) is 22.0. The molecule has 0 aliphatic rings. The van der Waals surface area contributed by atoms with Gasteiger partial charge in [-0.15, -0.1) is 0 Å². The van der Waals surface area contributed by atoms with Gasteiger partial charge in [0.1, 0.15) is 12.4 Å². The molecule has 0 amide bonds. The molecule has 0 fully saturated rings. The van der Waals surface area contributed by atoms with E-state index in [0.717, 1.165) is 28.3 Å². The predicted molar refractivity (Wildman–Crippen MR) is 114 cm³/mol. The first-order valence-corrected chi connectivity index (χ1v) is 9.28. The summed E-state index contributed by atoms with van der Waals surface area (Å²) in [6.45, 7) is 0.561. The van der Waals surface area contributed by atoms with Crippen molar-refractivity contribution < 1.29 is 14.6 Å². The number of aliphatic carboxylic acids is 1. The smallest absolute Gasteiger partial charge is 0.329 e. The van der Waals surface area contributed by atoms with E-state index in [0.29, 0.717) is 6.54 Å². The lowest BCUT2D eigenvalue weighted by molar-refractivity contribution is -0.141. The Labute approximate surface area is 170 Å². The van der Waals surface area contributed by atoms with E-state index in [4.69, 9.17) is 19.8 Å². The number of anilines is 1. The number of likely N-dealkylation sites (N-methyl/N-ethyl adjacent to an activating group) is 1. The van der Waals surface area contributed by atoms with Crippen molar-refractivity contribution in [1.82, 2.24) is 9.97 Å². The van der Waals surface area contributed by atoms with Crippen molar-refractivity contribution in [3.05, 3.63) is 79.0 Å². The zero-order valence-corrected chi connectivity index (χ0v) is 16.2. The number of benzene rings is 2. The molecule has 29 heavy (non-hydrogen) atoms. The third kappa shape index (κ3) is 5.73. The SMILES string of the molecule is CN(C/C=C/COCC(=O)O)c1cnc(-c2ccccc2)c(-c2ccccc2)n1. The molecule has 148 valence electrons. The van der Waals surface area contributed by atoms with Gasteiger partial charge < -0.3 is 14.7 Å². The molecule has 0 atom stereocenters. The summed E-state index contributed by atoms with van der Waals surface area (Å²) in [5.41, 5.74) is 3.69. The molecule has 0 aliphatic carbocycles. The Bertz CT molecular complexity index is 960. The second kappa shape index (κ2) is 10.1. The van der Waals surface area contributed by atoms with Gasteiger partial charge in [0.05, 0.1) is 24.2 Å². The quantitative estimate of drug-likeness (QED) is 0.442.